The third kappa shape index (κ3) is 8.36. The van der Waals surface area contributed by atoms with Crippen molar-refractivity contribution in [3.05, 3.63) is 59.7 Å². The average Bonchev–Trinajstić information content (AvgIpc) is 2.93. The Hall–Kier alpha value is -3.77. The predicted molar refractivity (Wildman–Crippen MR) is 151 cm³/mol. The summed E-state index contributed by atoms with van der Waals surface area (Å²) in [4.78, 5) is 39.4. The van der Waals surface area contributed by atoms with Crippen LogP contribution in [0.2, 0.25) is 0 Å². The van der Waals surface area contributed by atoms with E-state index in [-0.39, 0.29) is 60.4 Å². The van der Waals surface area contributed by atoms with Gasteiger partial charge in [0.25, 0.3) is 0 Å². The van der Waals surface area contributed by atoms with Crippen LogP contribution in [0.25, 0.3) is 0 Å². The molecule has 1 aliphatic rings. The summed E-state index contributed by atoms with van der Waals surface area (Å²) in [6.45, 7) is 2.82. The molecular weight excluding hydrogens is 534 g/mol. The Morgan fingerprint density at radius 3 is 2.48 bits per heavy atom. The van der Waals surface area contributed by atoms with E-state index in [9.17, 15) is 22.8 Å². The van der Waals surface area contributed by atoms with Crippen molar-refractivity contribution >= 4 is 39.1 Å². The van der Waals surface area contributed by atoms with Crippen LogP contribution in [0.3, 0.4) is 0 Å². The molecule has 40 heavy (non-hydrogen) atoms. The highest BCUT2D eigenvalue weighted by atomic mass is 32.2. The normalized spacial score (nSPS) is 14.8. The first kappa shape index (κ1) is 30.8. The van der Waals surface area contributed by atoms with Crippen LogP contribution in [0.15, 0.2) is 53.4 Å². The number of nitrogens with two attached hydrogens (primary N) is 2. The second-order valence-electron chi connectivity index (χ2n) is 9.76. The highest BCUT2D eigenvalue weighted by Gasteiger charge is 2.34. The van der Waals surface area contributed by atoms with Gasteiger partial charge in [0.1, 0.15) is 5.84 Å². The molecule has 12 heteroatoms. The summed E-state index contributed by atoms with van der Waals surface area (Å²) in [5.74, 6) is -2.76. The number of hydrogen-bond acceptors (Lipinski definition) is 8. The summed E-state index contributed by atoms with van der Waals surface area (Å²) in [6.07, 6.45) is 1.09. The third-order valence-electron chi connectivity index (χ3n) is 6.76. The van der Waals surface area contributed by atoms with E-state index in [0.29, 0.717) is 42.7 Å². The SMILES string of the molecule is CCOC(=O)C1CCN(C(=O)[C@H](Cc2cccc(C(=N)N)c2)CS(=O)(=O)c2cccc(NC(=O)CCN)c2)CC1. The van der Waals surface area contributed by atoms with Crippen molar-refractivity contribution in [2.24, 2.45) is 23.3 Å². The lowest BCUT2D eigenvalue weighted by Gasteiger charge is -2.33. The maximum absolute atomic E-state index is 13.7. The van der Waals surface area contributed by atoms with Crippen molar-refractivity contribution in [3.8, 4) is 0 Å². The number of benzene rings is 2. The van der Waals surface area contributed by atoms with Crippen LogP contribution in [-0.2, 0) is 35.4 Å². The third-order valence-corrected chi connectivity index (χ3v) is 8.58. The molecule has 0 saturated carbocycles. The minimum Gasteiger partial charge on any atom is -0.466 e. The number of sulfone groups is 1. The fourth-order valence-corrected chi connectivity index (χ4v) is 6.28. The van der Waals surface area contributed by atoms with Crippen molar-refractivity contribution in [1.82, 2.24) is 4.90 Å². The first-order chi connectivity index (χ1) is 19.0. The van der Waals surface area contributed by atoms with Crippen LogP contribution in [-0.4, -0.2) is 68.9 Å². The van der Waals surface area contributed by atoms with Crippen LogP contribution in [0.1, 0.15) is 37.3 Å². The number of esters is 1. The topological polar surface area (TPSA) is 186 Å². The zero-order valence-corrected chi connectivity index (χ0v) is 23.4. The second-order valence-corrected chi connectivity index (χ2v) is 11.8. The van der Waals surface area contributed by atoms with E-state index in [1.165, 1.54) is 18.2 Å². The van der Waals surface area contributed by atoms with Gasteiger partial charge in [0, 0.05) is 37.3 Å². The zero-order chi connectivity index (χ0) is 29.3. The van der Waals surface area contributed by atoms with Gasteiger partial charge in [0.15, 0.2) is 9.84 Å². The monoisotopic (exact) mass is 571 g/mol. The molecule has 0 aromatic heterocycles. The summed E-state index contributed by atoms with van der Waals surface area (Å²) in [5, 5.41) is 10.4. The molecule has 1 atom stereocenters. The number of likely N-dealkylation sites (tertiary alicyclic amines) is 1. The Labute approximate surface area is 234 Å². The van der Waals surface area contributed by atoms with Gasteiger partial charge in [-0.2, -0.15) is 0 Å². The molecule has 0 bridgehead atoms. The predicted octanol–water partition coefficient (Wildman–Crippen LogP) is 1.69. The molecule has 1 saturated heterocycles. The van der Waals surface area contributed by atoms with Crippen LogP contribution in [0.4, 0.5) is 5.69 Å². The minimum absolute atomic E-state index is 0.0191. The Kier molecular flexibility index (Phi) is 10.8. The number of hydrogen-bond donors (Lipinski definition) is 4. The van der Waals surface area contributed by atoms with Crippen molar-refractivity contribution in [3.63, 3.8) is 0 Å². The number of anilines is 1. The molecule has 1 fully saturated rings. The van der Waals surface area contributed by atoms with E-state index >= 15 is 0 Å². The average molecular weight is 572 g/mol. The van der Waals surface area contributed by atoms with E-state index in [2.05, 4.69) is 5.32 Å². The molecule has 2 aromatic carbocycles. The Morgan fingerprint density at radius 1 is 1.12 bits per heavy atom. The van der Waals surface area contributed by atoms with E-state index in [0.717, 1.165) is 0 Å². The molecule has 0 aliphatic carbocycles. The number of carbonyl (C=O) groups is 3. The Balaban J connectivity index is 1.85. The van der Waals surface area contributed by atoms with Gasteiger partial charge in [0.2, 0.25) is 11.8 Å². The lowest BCUT2D eigenvalue weighted by Crippen LogP contribution is -2.45. The van der Waals surface area contributed by atoms with Gasteiger partial charge in [0.05, 0.1) is 29.1 Å². The van der Waals surface area contributed by atoms with Crippen LogP contribution in [0, 0.1) is 17.2 Å². The number of ether oxygens (including phenoxy) is 1. The first-order valence-corrected chi connectivity index (χ1v) is 14.9. The summed E-state index contributed by atoms with van der Waals surface area (Å²) in [6, 6.07) is 12.7. The van der Waals surface area contributed by atoms with Crippen molar-refractivity contribution in [2.45, 2.75) is 37.5 Å². The minimum atomic E-state index is -3.96. The highest BCUT2D eigenvalue weighted by Crippen LogP contribution is 2.25. The summed E-state index contributed by atoms with van der Waals surface area (Å²) >= 11 is 0. The molecule has 6 N–H and O–H groups in total. The fourth-order valence-electron chi connectivity index (χ4n) is 4.70. The fraction of sp³-hybridized carbons (Fsp3) is 0.429. The van der Waals surface area contributed by atoms with Crippen molar-refractivity contribution < 1.29 is 27.5 Å². The second kappa shape index (κ2) is 14.0. The smallest absolute Gasteiger partial charge is 0.309 e. The summed E-state index contributed by atoms with van der Waals surface area (Å²) in [7, 11) is -3.96. The standard InChI is InChI=1S/C28H37N5O6S/c1-2-39-28(36)20-10-13-33(14-11-20)27(35)22(16-19-5-3-6-21(15-19)26(30)31)18-40(37,38)24-8-4-7-23(17-24)32-25(34)9-12-29/h3-8,15,17,20,22H,2,9-14,16,18,29H2,1H3,(H3,30,31)(H,32,34)/t22-/m1/s1. The zero-order valence-electron chi connectivity index (χ0n) is 22.6. The molecular formula is C28H37N5O6S. The van der Waals surface area contributed by atoms with Crippen LogP contribution < -0.4 is 16.8 Å². The highest BCUT2D eigenvalue weighted by molar-refractivity contribution is 7.91. The van der Waals surface area contributed by atoms with Gasteiger partial charge < -0.3 is 26.4 Å². The van der Waals surface area contributed by atoms with Gasteiger partial charge in [-0.3, -0.25) is 19.8 Å². The first-order valence-electron chi connectivity index (χ1n) is 13.3. The summed E-state index contributed by atoms with van der Waals surface area (Å²) < 4.78 is 32.2. The number of piperidine rings is 1. The number of amides is 2. The molecule has 3 rings (SSSR count). The molecule has 0 unspecified atom stereocenters. The molecule has 0 radical (unpaired) electrons. The van der Waals surface area contributed by atoms with E-state index in [1.54, 1.807) is 42.2 Å². The summed E-state index contributed by atoms with van der Waals surface area (Å²) in [5.41, 5.74) is 12.5. The number of rotatable bonds is 12. The number of carbonyl (C=O) groups excluding carboxylic acids is 3. The van der Waals surface area contributed by atoms with E-state index in [1.807, 2.05) is 0 Å². The maximum Gasteiger partial charge on any atom is 0.309 e. The number of nitrogen functional groups attached to an aromatic ring is 1. The molecule has 216 valence electrons. The van der Waals surface area contributed by atoms with Gasteiger partial charge >= 0.3 is 5.97 Å². The largest absolute Gasteiger partial charge is 0.466 e. The van der Waals surface area contributed by atoms with Gasteiger partial charge in [-0.25, -0.2) is 8.42 Å². The van der Waals surface area contributed by atoms with E-state index < -0.39 is 21.5 Å². The molecule has 0 spiro atoms. The molecule has 1 heterocycles. The maximum atomic E-state index is 13.7. The van der Waals surface area contributed by atoms with Gasteiger partial charge in [-0.1, -0.05) is 24.3 Å². The number of amidine groups is 1. The van der Waals surface area contributed by atoms with E-state index in [4.69, 9.17) is 21.6 Å². The lowest BCUT2D eigenvalue weighted by atomic mass is 9.94. The number of nitrogens with one attached hydrogen (secondary N) is 2. The Bertz CT molecular complexity index is 1340. The van der Waals surface area contributed by atoms with Gasteiger partial charge in [-0.15, -0.1) is 0 Å². The van der Waals surface area contributed by atoms with Crippen LogP contribution in [0.5, 0.6) is 0 Å². The Morgan fingerprint density at radius 2 is 1.82 bits per heavy atom. The van der Waals surface area contributed by atoms with Crippen molar-refractivity contribution in [1.29, 1.82) is 5.41 Å². The molecule has 2 amide bonds. The van der Waals surface area contributed by atoms with Crippen LogP contribution >= 0.6 is 0 Å². The number of nitrogens with zero attached hydrogens (tertiary/aromatic N) is 1. The van der Waals surface area contributed by atoms with Crippen molar-refractivity contribution in [2.75, 3.05) is 37.3 Å². The quantitative estimate of drug-likeness (QED) is 0.168. The molecule has 11 nitrogen and oxygen atoms in total. The molecule has 1 aliphatic heterocycles. The van der Waals surface area contributed by atoms with Gasteiger partial charge in [-0.05, 0) is 56.0 Å². The molecule has 2 aromatic rings. The lowest BCUT2D eigenvalue weighted by molar-refractivity contribution is -0.151.